The first kappa shape index (κ1) is 20.2. The summed E-state index contributed by atoms with van der Waals surface area (Å²) < 4.78 is 15.9. The zero-order chi connectivity index (χ0) is 20.5. The van der Waals surface area contributed by atoms with Crippen LogP contribution in [0.25, 0.3) is 0 Å². The smallest absolute Gasteiger partial charge is 0.160 e. The van der Waals surface area contributed by atoms with Crippen LogP contribution < -0.4 is 9.47 Å². The number of aliphatic hydroxyl groups excluding tert-OH is 2. The molecule has 0 bridgehead atoms. The van der Waals surface area contributed by atoms with Crippen molar-refractivity contribution in [1.82, 2.24) is 0 Å². The minimum Gasteiger partial charge on any atom is -0.504 e. The van der Waals surface area contributed by atoms with Gasteiger partial charge in [0.05, 0.1) is 33.5 Å². The molecule has 8 heteroatoms. The third kappa shape index (κ3) is 3.35. The summed E-state index contributed by atoms with van der Waals surface area (Å²) in [5.74, 6) is -0.606. The highest BCUT2D eigenvalue weighted by Gasteiger charge is 2.53. The molecule has 1 heterocycles. The Balaban J connectivity index is 1.93. The quantitative estimate of drug-likeness (QED) is 0.497. The highest BCUT2D eigenvalue weighted by atomic mass is 16.5. The van der Waals surface area contributed by atoms with Gasteiger partial charge in [0.1, 0.15) is 11.7 Å². The average molecular weight is 392 g/mol. The summed E-state index contributed by atoms with van der Waals surface area (Å²) in [7, 11) is 2.79. The molecule has 152 valence electrons. The van der Waals surface area contributed by atoms with Gasteiger partial charge in [0.15, 0.2) is 23.0 Å². The van der Waals surface area contributed by atoms with Gasteiger partial charge in [-0.15, -0.1) is 0 Å². The minimum atomic E-state index is -1.79. The second-order valence-electron chi connectivity index (χ2n) is 6.78. The van der Waals surface area contributed by atoms with Crippen molar-refractivity contribution in [2.45, 2.75) is 17.8 Å². The van der Waals surface area contributed by atoms with Gasteiger partial charge in [-0.05, 0) is 35.4 Å². The molecule has 3 rings (SSSR count). The lowest BCUT2D eigenvalue weighted by molar-refractivity contribution is -0.110. The highest BCUT2D eigenvalue weighted by molar-refractivity contribution is 5.44. The largest absolute Gasteiger partial charge is 0.504 e. The molecule has 0 amide bonds. The molecular formula is C20H24O8. The molecule has 0 aromatic heterocycles. The van der Waals surface area contributed by atoms with E-state index in [0.717, 1.165) is 0 Å². The lowest BCUT2D eigenvalue weighted by Gasteiger charge is -2.34. The van der Waals surface area contributed by atoms with Gasteiger partial charge in [0.25, 0.3) is 0 Å². The summed E-state index contributed by atoms with van der Waals surface area (Å²) in [5, 5.41) is 51.5. The summed E-state index contributed by atoms with van der Waals surface area (Å²) in [6.45, 7) is -0.674. The molecule has 8 nitrogen and oxygen atoms in total. The van der Waals surface area contributed by atoms with E-state index >= 15 is 0 Å². The van der Waals surface area contributed by atoms with E-state index < -0.39 is 30.3 Å². The lowest BCUT2D eigenvalue weighted by Crippen LogP contribution is -2.45. The molecule has 1 saturated heterocycles. The molecular weight excluding hydrogens is 368 g/mol. The van der Waals surface area contributed by atoms with Crippen molar-refractivity contribution in [3.8, 4) is 23.0 Å². The number of phenols is 2. The summed E-state index contributed by atoms with van der Waals surface area (Å²) in [4.78, 5) is 0. The second kappa shape index (κ2) is 7.84. The van der Waals surface area contributed by atoms with E-state index in [0.29, 0.717) is 11.1 Å². The van der Waals surface area contributed by atoms with Crippen molar-refractivity contribution in [1.29, 1.82) is 0 Å². The van der Waals surface area contributed by atoms with E-state index in [1.165, 1.54) is 38.5 Å². The molecule has 5 N–H and O–H groups in total. The molecule has 1 aliphatic rings. The van der Waals surface area contributed by atoms with Crippen LogP contribution in [0.3, 0.4) is 0 Å². The minimum absolute atomic E-state index is 0.0451. The van der Waals surface area contributed by atoms with Gasteiger partial charge >= 0.3 is 0 Å². The number of benzene rings is 2. The van der Waals surface area contributed by atoms with E-state index in [2.05, 4.69) is 0 Å². The molecule has 2 aromatic rings. The van der Waals surface area contributed by atoms with Crippen molar-refractivity contribution >= 4 is 0 Å². The van der Waals surface area contributed by atoms with Gasteiger partial charge in [-0.25, -0.2) is 0 Å². The fraction of sp³-hybridized carbons (Fsp3) is 0.400. The maximum atomic E-state index is 11.2. The number of ether oxygens (including phenoxy) is 3. The Hall–Kier alpha value is -2.52. The van der Waals surface area contributed by atoms with E-state index in [4.69, 9.17) is 14.2 Å². The van der Waals surface area contributed by atoms with Crippen LogP contribution >= 0.6 is 0 Å². The fourth-order valence-corrected chi connectivity index (χ4v) is 3.60. The van der Waals surface area contributed by atoms with Crippen LogP contribution in [0.5, 0.6) is 23.0 Å². The SMILES string of the molecule is COc1cc(C2OCC(O)(C(O)c3ccc(O)c(OC)c3)C2CO)ccc1O. The van der Waals surface area contributed by atoms with Crippen LogP contribution in [0, 0.1) is 5.92 Å². The molecule has 0 aliphatic carbocycles. The average Bonchev–Trinajstić information content (AvgIpc) is 3.05. The summed E-state index contributed by atoms with van der Waals surface area (Å²) in [6.07, 6.45) is -2.12. The fourth-order valence-electron chi connectivity index (χ4n) is 3.60. The number of rotatable bonds is 6. The molecule has 4 atom stereocenters. The Bertz CT molecular complexity index is 787. The van der Waals surface area contributed by atoms with Gasteiger partial charge in [0, 0.05) is 5.92 Å². The predicted molar refractivity (Wildman–Crippen MR) is 98.5 cm³/mol. The van der Waals surface area contributed by atoms with E-state index in [9.17, 15) is 25.5 Å². The molecule has 0 saturated carbocycles. The van der Waals surface area contributed by atoms with Gasteiger partial charge in [-0.2, -0.15) is 0 Å². The maximum Gasteiger partial charge on any atom is 0.160 e. The van der Waals surface area contributed by atoms with E-state index in [-0.39, 0.29) is 29.6 Å². The number of phenolic OH excluding ortho intramolecular Hbond substituents is 2. The van der Waals surface area contributed by atoms with Crippen LogP contribution in [0.4, 0.5) is 0 Å². The first-order valence-corrected chi connectivity index (χ1v) is 8.72. The van der Waals surface area contributed by atoms with Crippen LogP contribution in [0.2, 0.25) is 0 Å². The standard InChI is InChI=1S/C20H24O8/c1-26-16-7-11(3-5-14(16)22)18-13(9-21)20(25,10-28-18)19(24)12-4-6-15(23)17(8-12)27-2/h3-8,13,18-19,21-25H,9-10H2,1-2H3. The molecule has 1 fully saturated rings. The highest BCUT2D eigenvalue weighted by Crippen LogP contribution is 2.48. The van der Waals surface area contributed by atoms with Crippen LogP contribution in [-0.2, 0) is 4.74 Å². The molecule has 28 heavy (non-hydrogen) atoms. The maximum absolute atomic E-state index is 11.2. The Morgan fingerprint density at radius 2 is 1.68 bits per heavy atom. The van der Waals surface area contributed by atoms with Gasteiger partial charge in [-0.1, -0.05) is 12.1 Å². The lowest BCUT2D eigenvalue weighted by atomic mass is 9.78. The van der Waals surface area contributed by atoms with Crippen molar-refractivity contribution in [2.24, 2.45) is 5.92 Å². The molecule has 2 aromatic carbocycles. The van der Waals surface area contributed by atoms with Crippen molar-refractivity contribution in [3.05, 3.63) is 47.5 Å². The number of hydrogen-bond acceptors (Lipinski definition) is 8. The van der Waals surface area contributed by atoms with Gasteiger partial charge in [0.2, 0.25) is 0 Å². The van der Waals surface area contributed by atoms with Crippen LogP contribution in [-0.4, -0.2) is 58.6 Å². The van der Waals surface area contributed by atoms with E-state index in [1.54, 1.807) is 12.1 Å². The molecule has 1 aliphatic heterocycles. The second-order valence-corrected chi connectivity index (χ2v) is 6.78. The Morgan fingerprint density at radius 3 is 2.29 bits per heavy atom. The third-order valence-electron chi connectivity index (χ3n) is 5.22. The monoisotopic (exact) mass is 392 g/mol. The summed E-state index contributed by atoms with van der Waals surface area (Å²) >= 11 is 0. The topological polar surface area (TPSA) is 129 Å². The normalized spacial score (nSPS) is 25.5. The van der Waals surface area contributed by atoms with Crippen molar-refractivity contribution in [3.63, 3.8) is 0 Å². The van der Waals surface area contributed by atoms with Gasteiger partial charge in [-0.3, -0.25) is 0 Å². The van der Waals surface area contributed by atoms with Gasteiger partial charge < -0.3 is 39.7 Å². The number of aliphatic hydroxyl groups is 3. The molecule has 0 spiro atoms. The zero-order valence-electron chi connectivity index (χ0n) is 15.6. The number of hydrogen-bond donors (Lipinski definition) is 5. The number of methoxy groups -OCH3 is 2. The van der Waals surface area contributed by atoms with Crippen LogP contribution in [0.15, 0.2) is 36.4 Å². The predicted octanol–water partition coefficient (Wildman–Crippen LogP) is 1.26. The van der Waals surface area contributed by atoms with Crippen molar-refractivity contribution < 1.29 is 39.7 Å². The Labute approximate surface area is 162 Å². The first-order valence-electron chi connectivity index (χ1n) is 8.72. The third-order valence-corrected chi connectivity index (χ3v) is 5.22. The van der Waals surface area contributed by atoms with E-state index in [1.807, 2.05) is 0 Å². The Kier molecular flexibility index (Phi) is 5.66. The zero-order valence-corrected chi connectivity index (χ0v) is 15.6. The number of aromatic hydroxyl groups is 2. The van der Waals surface area contributed by atoms with Crippen LogP contribution in [0.1, 0.15) is 23.3 Å². The summed E-state index contributed by atoms with van der Waals surface area (Å²) in [6, 6.07) is 8.84. The molecule has 4 unspecified atom stereocenters. The first-order chi connectivity index (χ1) is 13.3. The molecule has 0 radical (unpaired) electrons. The van der Waals surface area contributed by atoms with Crippen molar-refractivity contribution in [2.75, 3.05) is 27.4 Å². The summed E-state index contributed by atoms with van der Waals surface area (Å²) in [5.41, 5.74) is -0.893. The Morgan fingerprint density at radius 1 is 1.07 bits per heavy atom.